The summed E-state index contributed by atoms with van der Waals surface area (Å²) in [4.78, 5) is 16.5. The van der Waals surface area contributed by atoms with Crippen molar-refractivity contribution in [1.29, 1.82) is 0 Å². The Hall–Kier alpha value is -1.96. The van der Waals surface area contributed by atoms with Crippen molar-refractivity contribution in [3.05, 3.63) is 53.3 Å². The Labute approximate surface area is 164 Å². The minimum absolute atomic E-state index is 0.0769. The lowest BCUT2D eigenvalue weighted by Gasteiger charge is -2.34. The van der Waals surface area contributed by atoms with Crippen LogP contribution in [0.15, 0.2) is 47.6 Å². The smallest absolute Gasteiger partial charge is 0.257 e. The molecule has 0 spiro atoms. The Morgan fingerprint density at radius 1 is 1.15 bits per heavy atom. The van der Waals surface area contributed by atoms with E-state index in [0.717, 1.165) is 6.42 Å². The van der Waals surface area contributed by atoms with E-state index in [2.05, 4.69) is 10.3 Å². The van der Waals surface area contributed by atoms with Gasteiger partial charge >= 0.3 is 0 Å². The van der Waals surface area contributed by atoms with Crippen molar-refractivity contribution in [2.75, 3.05) is 18.4 Å². The quantitative estimate of drug-likeness (QED) is 0.838. The number of hydrogen-bond acceptors (Lipinski definition) is 4. The summed E-state index contributed by atoms with van der Waals surface area (Å²) < 4.78 is 27.6. The fraction of sp³-hybridized carbons (Fsp3) is 0.368. The van der Waals surface area contributed by atoms with E-state index in [-0.39, 0.29) is 15.5 Å². The van der Waals surface area contributed by atoms with E-state index < -0.39 is 15.9 Å². The van der Waals surface area contributed by atoms with Crippen LogP contribution in [-0.4, -0.2) is 36.7 Å². The first-order valence-corrected chi connectivity index (χ1v) is 10.6. The molecule has 3 rings (SSSR count). The average molecular weight is 408 g/mol. The van der Waals surface area contributed by atoms with Crippen LogP contribution in [0.2, 0.25) is 5.02 Å². The number of pyridine rings is 1. The summed E-state index contributed by atoms with van der Waals surface area (Å²) in [6.45, 7) is 5.06. The maximum absolute atomic E-state index is 13.1. The highest BCUT2D eigenvalue weighted by Crippen LogP contribution is 2.29. The molecule has 1 fully saturated rings. The van der Waals surface area contributed by atoms with Gasteiger partial charge in [-0.1, -0.05) is 25.4 Å². The van der Waals surface area contributed by atoms with E-state index in [1.165, 1.54) is 22.5 Å². The molecule has 2 aromatic rings. The molecule has 2 atom stereocenters. The molecule has 1 N–H and O–H groups in total. The molecule has 144 valence electrons. The highest BCUT2D eigenvalue weighted by Gasteiger charge is 2.32. The maximum atomic E-state index is 13.1. The van der Waals surface area contributed by atoms with Gasteiger partial charge in [-0.05, 0) is 48.6 Å². The van der Waals surface area contributed by atoms with Crippen molar-refractivity contribution in [1.82, 2.24) is 9.29 Å². The first-order chi connectivity index (χ1) is 12.8. The van der Waals surface area contributed by atoms with Crippen molar-refractivity contribution in [2.45, 2.75) is 25.2 Å². The van der Waals surface area contributed by atoms with E-state index in [9.17, 15) is 13.2 Å². The number of carbonyl (C=O) groups is 1. The maximum Gasteiger partial charge on any atom is 0.257 e. The molecule has 1 amide bonds. The van der Waals surface area contributed by atoms with E-state index >= 15 is 0 Å². The summed E-state index contributed by atoms with van der Waals surface area (Å²) in [6.07, 6.45) is 4.11. The van der Waals surface area contributed by atoms with E-state index in [4.69, 9.17) is 11.6 Å². The highest BCUT2D eigenvalue weighted by atomic mass is 35.5. The topological polar surface area (TPSA) is 79.4 Å². The predicted molar refractivity (Wildman–Crippen MR) is 105 cm³/mol. The average Bonchev–Trinajstić information content (AvgIpc) is 2.62. The Bertz CT molecular complexity index is 924. The second-order valence-corrected chi connectivity index (χ2v) is 9.44. The zero-order chi connectivity index (χ0) is 19.6. The summed E-state index contributed by atoms with van der Waals surface area (Å²) in [5, 5.41) is 2.89. The molecule has 2 heterocycles. The summed E-state index contributed by atoms with van der Waals surface area (Å²) in [5.74, 6) is 0.124. The molecular weight excluding hydrogens is 386 g/mol. The van der Waals surface area contributed by atoms with Crippen molar-refractivity contribution in [3.8, 4) is 0 Å². The Morgan fingerprint density at radius 3 is 2.41 bits per heavy atom. The largest absolute Gasteiger partial charge is 0.322 e. The van der Waals surface area contributed by atoms with Crippen LogP contribution < -0.4 is 5.32 Å². The number of sulfonamides is 1. The number of hydrogen-bond donors (Lipinski definition) is 1. The lowest BCUT2D eigenvalue weighted by atomic mass is 9.94. The van der Waals surface area contributed by atoms with Crippen LogP contribution in [0, 0.1) is 11.8 Å². The molecule has 0 aliphatic carbocycles. The standard InChI is InChI=1S/C19H22ClN3O3S/c1-13-9-14(2)12-23(11-13)27(25,26)16-3-4-18(20)17(10-16)19(24)22-15-5-7-21-8-6-15/h3-8,10,13-14H,9,11-12H2,1-2H3,(H,21,22,24)/t13-,14+. The van der Waals surface area contributed by atoms with Crippen LogP contribution in [0.4, 0.5) is 5.69 Å². The number of rotatable bonds is 4. The number of aromatic nitrogens is 1. The number of carbonyl (C=O) groups excluding carboxylic acids is 1. The second kappa shape index (κ2) is 7.96. The molecule has 0 unspecified atom stereocenters. The van der Waals surface area contributed by atoms with E-state index in [1.807, 2.05) is 13.8 Å². The van der Waals surface area contributed by atoms with E-state index in [0.29, 0.717) is 30.6 Å². The number of anilines is 1. The third-order valence-corrected chi connectivity index (χ3v) is 6.75. The van der Waals surface area contributed by atoms with Crippen molar-refractivity contribution in [3.63, 3.8) is 0 Å². The zero-order valence-corrected chi connectivity index (χ0v) is 16.8. The molecular formula is C19H22ClN3O3S. The second-order valence-electron chi connectivity index (χ2n) is 7.10. The van der Waals surface area contributed by atoms with Crippen molar-refractivity contribution < 1.29 is 13.2 Å². The van der Waals surface area contributed by atoms with Crippen LogP contribution >= 0.6 is 11.6 Å². The van der Waals surface area contributed by atoms with Crippen molar-refractivity contribution >= 4 is 33.2 Å². The number of piperidine rings is 1. The van der Waals surface area contributed by atoms with Gasteiger partial charge < -0.3 is 5.32 Å². The fourth-order valence-corrected chi connectivity index (χ4v) is 5.33. The number of benzene rings is 1. The third kappa shape index (κ3) is 4.48. The minimum Gasteiger partial charge on any atom is -0.322 e. The number of nitrogens with zero attached hydrogens (tertiary/aromatic N) is 2. The molecule has 1 aromatic heterocycles. The summed E-state index contributed by atoms with van der Waals surface area (Å²) in [5.41, 5.74) is 0.672. The highest BCUT2D eigenvalue weighted by molar-refractivity contribution is 7.89. The van der Waals surface area contributed by atoms with Gasteiger partial charge in [0, 0.05) is 31.2 Å². The molecule has 1 saturated heterocycles. The Kier molecular flexibility index (Phi) is 5.83. The molecule has 27 heavy (non-hydrogen) atoms. The van der Waals surface area contributed by atoms with Gasteiger partial charge in [-0.3, -0.25) is 9.78 Å². The van der Waals surface area contributed by atoms with Gasteiger partial charge in [0.15, 0.2) is 0 Å². The van der Waals surface area contributed by atoms with Gasteiger partial charge in [0.05, 0.1) is 15.5 Å². The number of nitrogens with one attached hydrogen (secondary N) is 1. The van der Waals surface area contributed by atoms with Gasteiger partial charge in [-0.15, -0.1) is 0 Å². The molecule has 1 aromatic carbocycles. The molecule has 0 radical (unpaired) electrons. The molecule has 1 aliphatic rings. The normalized spacial score (nSPS) is 21.0. The first-order valence-electron chi connectivity index (χ1n) is 8.78. The predicted octanol–water partition coefficient (Wildman–Crippen LogP) is 3.65. The Morgan fingerprint density at radius 2 is 1.78 bits per heavy atom. The zero-order valence-electron chi connectivity index (χ0n) is 15.2. The number of amides is 1. The van der Waals surface area contributed by atoms with Crippen LogP contribution in [-0.2, 0) is 10.0 Å². The summed E-state index contributed by atoms with van der Waals surface area (Å²) in [6, 6.07) is 7.53. The lowest BCUT2D eigenvalue weighted by molar-refractivity contribution is 0.102. The Balaban J connectivity index is 1.89. The van der Waals surface area contributed by atoms with Crippen LogP contribution in [0.1, 0.15) is 30.6 Å². The minimum atomic E-state index is -3.69. The van der Waals surface area contributed by atoms with Crippen LogP contribution in [0.5, 0.6) is 0 Å². The van der Waals surface area contributed by atoms with Gasteiger partial charge in [0.1, 0.15) is 0 Å². The monoisotopic (exact) mass is 407 g/mol. The molecule has 0 bridgehead atoms. The molecule has 6 nitrogen and oxygen atoms in total. The van der Waals surface area contributed by atoms with Gasteiger partial charge in [-0.25, -0.2) is 8.42 Å². The van der Waals surface area contributed by atoms with Gasteiger partial charge in [0.2, 0.25) is 10.0 Å². The summed E-state index contributed by atoms with van der Waals surface area (Å²) >= 11 is 6.16. The molecule has 1 aliphatic heterocycles. The van der Waals surface area contributed by atoms with Crippen LogP contribution in [0.25, 0.3) is 0 Å². The van der Waals surface area contributed by atoms with Gasteiger partial charge in [0.25, 0.3) is 5.91 Å². The van der Waals surface area contributed by atoms with E-state index in [1.54, 1.807) is 24.5 Å². The van der Waals surface area contributed by atoms with Crippen LogP contribution in [0.3, 0.4) is 0 Å². The molecule has 0 saturated carbocycles. The lowest BCUT2D eigenvalue weighted by Crippen LogP contribution is -2.42. The molecule has 8 heteroatoms. The number of halogens is 1. The van der Waals surface area contributed by atoms with Gasteiger partial charge in [-0.2, -0.15) is 4.31 Å². The summed E-state index contributed by atoms with van der Waals surface area (Å²) in [7, 11) is -3.69. The fourth-order valence-electron chi connectivity index (χ4n) is 3.42. The van der Waals surface area contributed by atoms with Crippen molar-refractivity contribution in [2.24, 2.45) is 11.8 Å². The SMILES string of the molecule is C[C@@H]1C[C@H](C)CN(S(=O)(=O)c2ccc(Cl)c(C(=O)Nc3ccncc3)c2)C1. The third-order valence-electron chi connectivity index (χ3n) is 4.59. The first kappa shape index (κ1) is 19.8.